The Kier molecular flexibility index (Phi) is 6.79. The summed E-state index contributed by atoms with van der Waals surface area (Å²) >= 11 is 0. The molecule has 1 nitrogen and oxygen atoms in total. The van der Waals surface area contributed by atoms with Crippen LogP contribution in [0.25, 0.3) is 0 Å². The summed E-state index contributed by atoms with van der Waals surface area (Å²) in [6.07, 6.45) is 1.37. The van der Waals surface area contributed by atoms with Crippen molar-refractivity contribution < 1.29 is 4.21 Å². The molecule has 0 aliphatic rings. The van der Waals surface area contributed by atoms with Gasteiger partial charge < -0.3 is 0 Å². The van der Waals surface area contributed by atoms with Gasteiger partial charge in [0.15, 0.2) is 0 Å². The van der Waals surface area contributed by atoms with E-state index < -0.39 is 10.8 Å². The third kappa shape index (κ3) is 6.09. The Labute approximate surface area is 164 Å². The molecule has 1 atom stereocenters. The molecule has 0 aliphatic heterocycles. The van der Waals surface area contributed by atoms with E-state index in [9.17, 15) is 4.21 Å². The first kappa shape index (κ1) is 18.9. The van der Waals surface area contributed by atoms with Gasteiger partial charge in [-0.15, -0.1) is 0 Å². The zero-order chi connectivity index (χ0) is 18.9. The Balaban J connectivity index is 1.82. The lowest BCUT2D eigenvalue weighted by atomic mass is 10.1. The molecule has 2 heteroatoms. The van der Waals surface area contributed by atoms with Crippen LogP contribution in [0.2, 0.25) is 0 Å². The van der Waals surface area contributed by atoms with Crippen molar-refractivity contribution in [2.45, 2.75) is 24.7 Å². The van der Waals surface area contributed by atoms with Gasteiger partial charge in [0.25, 0.3) is 0 Å². The number of rotatable bonds is 5. The molecular weight excluding hydrogens is 348 g/mol. The van der Waals surface area contributed by atoms with Crippen LogP contribution >= 0.6 is 0 Å². The largest absolute Gasteiger partial charge is 0.250 e. The molecular formula is C25H22OS. The summed E-state index contributed by atoms with van der Waals surface area (Å²) in [4.78, 5) is 0.802. The average Bonchev–Trinajstić information content (AvgIpc) is 2.70. The van der Waals surface area contributed by atoms with Gasteiger partial charge in [-0.3, -0.25) is 0 Å². The maximum Gasteiger partial charge on any atom is 0.0785 e. The molecule has 0 bridgehead atoms. The monoisotopic (exact) mass is 370 g/mol. The Hall–Kier alpha value is -2.89. The van der Waals surface area contributed by atoms with Crippen LogP contribution in [0.1, 0.15) is 16.7 Å². The highest BCUT2D eigenvalue weighted by Gasteiger charge is 2.04. The van der Waals surface area contributed by atoms with Gasteiger partial charge in [0, 0.05) is 28.7 Å². The Morgan fingerprint density at radius 3 is 2.07 bits per heavy atom. The molecule has 0 amide bonds. The number of benzene rings is 3. The summed E-state index contributed by atoms with van der Waals surface area (Å²) in [5.41, 5.74) is 4.39. The van der Waals surface area contributed by atoms with Gasteiger partial charge in [-0.25, -0.2) is 4.21 Å². The SMILES string of the molecule is Cc1ccc([S@](=O)/C=C(\C#CCc2ccccc2)Cc2ccccc2)cc1. The van der Waals surface area contributed by atoms with Crippen LogP contribution in [0, 0.1) is 18.8 Å². The van der Waals surface area contributed by atoms with Crippen LogP contribution in [0.4, 0.5) is 0 Å². The second kappa shape index (κ2) is 9.71. The van der Waals surface area contributed by atoms with Gasteiger partial charge in [0.05, 0.1) is 10.8 Å². The van der Waals surface area contributed by atoms with Crippen molar-refractivity contribution in [3.8, 4) is 11.8 Å². The third-order valence-corrected chi connectivity index (χ3v) is 5.36. The van der Waals surface area contributed by atoms with E-state index in [1.165, 1.54) is 11.1 Å². The smallest absolute Gasteiger partial charge is 0.0785 e. The van der Waals surface area contributed by atoms with E-state index in [2.05, 4.69) is 36.1 Å². The Bertz CT molecular complexity index is 975. The second-order valence-electron chi connectivity index (χ2n) is 6.38. The molecule has 0 spiro atoms. The molecule has 0 fully saturated rings. The van der Waals surface area contributed by atoms with Crippen LogP contribution in [0.3, 0.4) is 0 Å². The van der Waals surface area contributed by atoms with Crippen LogP contribution in [-0.4, -0.2) is 4.21 Å². The van der Waals surface area contributed by atoms with Crippen molar-refractivity contribution in [2.75, 3.05) is 0 Å². The van der Waals surface area contributed by atoms with Crippen LogP contribution < -0.4 is 0 Å². The standard InChI is InChI=1S/C25H22OS/c1-21-15-17-25(18-16-21)27(26)20-24(19-23-11-6-3-7-12-23)14-8-13-22-9-4-2-5-10-22/h2-7,9-12,15-18,20H,13,19H2,1H3/b24-20+/t27-/m1/s1. The first-order valence-corrected chi connectivity index (χ1v) is 10.2. The molecule has 0 aromatic heterocycles. The molecule has 0 saturated carbocycles. The minimum Gasteiger partial charge on any atom is -0.250 e. The fraction of sp³-hybridized carbons (Fsp3) is 0.120. The van der Waals surface area contributed by atoms with Crippen molar-refractivity contribution in [1.29, 1.82) is 0 Å². The quantitative estimate of drug-likeness (QED) is 0.544. The van der Waals surface area contributed by atoms with E-state index in [0.29, 0.717) is 12.8 Å². The lowest BCUT2D eigenvalue weighted by Gasteiger charge is -2.03. The van der Waals surface area contributed by atoms with E-state index >= 15 is 0 Å². The lowest BCUT2D eigenvalue weighted by Crippen LogP contribution is -1.94. The van der Waals surface area contributed by atoms with Gasteiger partial charge in [-0.05, 0) is 30.2 Å². The first-order valence-electron chi connectivity index (χ1n) is 8.95. The van der Waals surface area contributed by atoms with Gasteiger partial charge in [0.2, 0.25) is 0 Å². The molecule has 0 aliphatic carbocycles. The van der Waals surface area contributed by atoms with E-state index in [4.69, 9.17) is 0 Å². The normalized spacial score (nSPS) is 12.1. The summed E-state index contributed by atoms with van der Waals surface area (Å²) in [5.74, 6) is 6.48. The van der Waals surface area contributed by atoms with Crippen molar-refractivity contribution in [3.63, 3.8) is 0 Å². The van der Waals surface area contributed by atoms with Gasteiger partial charge in [0.1, 0.15) is 0 Å². The third-order valence-electron chi connectivity index (χ3n) is 4.12. The van der Waals surface area contributed by atoms with Crippen molar-refractivity contribution in [2.24, 2.45) is 0 Å². The van der Waals surface area contributed by atoms with Crippen LogP contribution in [0.5, 0.6) is 0 Å². The van der Waals surface area contributed by atoms with Gasteiger partial charge in [-0.2, -0.15) is 0 Å². The van der Waals surface area contributed by atoms with E-state index in [0.717, 1.165) is 16.0 Å². The minimum atomic E-state index is -1.21. The number of aryl methyl sites for hydroxylation is 1. The average molecular weight is 371 g/mol. The van der Waals surface area contributed by atoms with E-state index in [1.807, 2.05) is 67.6 Å². The number of allylic oxidation sites excluding steroid dienone is 1. The molecule has 3 rings (SSSR count). The summed E-state index contributed by atoms with van der Waals surface area (Å²) in [7, 11) is -1.21. The topological polar surface area (TPSA) is 17.1 Å². The first-order chi connectivity index (χ1) is 13.2. The summed E-state index contributed by atoms with van der Waals surface area (Å²) in [6.45, 7) is 2.03. The molecule has 134 valence electrons. The zero-order valence-electron chi connectivity index (χ0n) is 15.4. The molecule has 0 heterocycles. The predicted molar refractivity (Wildman–Crippen MR) is 114 cm³/mol. The maximum atomic E-state index is 12.8. The van der Waals surface area contributed by atoms with Crippen molar-refractivity contribution in [1.82, 2.24) is 0 Å². The highest BCUT2D eigenvalue weighted by molar-refractivity contribution is 7.88. The highest BCUT2D eigenvalue weighted by atomic mass is 32.2. The zero-order valence-corrected chi connectivity index (χ0v) is 16.2. The van der Waals surface area contributed by atoms with Crippen LogP contribution in [0.15, 0.2) is 101 Å². The second-order valence-corrected chi connectivity index (χ2v) is 7.68. The van der Waals surface area contributed by atoms with Crippen molar-refractivity contribution in [3.05, 3.63) is 113 Å². The molecule has 0 N–H and O–H groups in total. The Morgan fingerprint density at radius 2 is 1.44 bits per heavy atom. The summed E-state index contributed by atoms with van der Waals surface area (Å²) in [6, 6.07) is 28.2. The van der Waals surface area contributed by atoms with Gasteiger partial charge in [-0.1, -0.05) is 90.2 Å². The lowest BCUT2D eigenvalue weighted by molar-refractivity contribution is 0.688. The molecule has 27 heavy (non-hydrogen) atoms. The summed E-state index contributed by atoms with van der Waals surface area (Å²) < 4.78 is 12.8. The predicted octanol–water partition coefficient (Wildman–Crippen LogP) is 5.48. The van der Waals surface area contributed by atoms with E-state index in [1.54, 1.807) is 5.41 Å². The highest BCUT2D eigenvalue weighted by Crippen LogP contribution is 2.14. The van der Waals surface area contributed by atoms with Gasteiger partial charge >= 0.3 is 0 Å². The molecule has 3 aromatic rings. The van der Waals surface area contributed by atoms with E-state index in [-0.39, 0.29) is 0 Å². The minimum absolute atomic E-state index is 0.681. The molecule has 0 unspecified atom stereocenters. The fourth-order valence-electron chi connectivity index (χ4n) is 2.66. The van der Waals surface area contributed by atoms with Crippen molar-refractivity contribution >= 4 is 10.8 Å². The molecule has 0 saturated heterocycles. The summed E-state index contributed by atoms with van der Waals surface area (Å²) in [5, 5.41) is 1.79. The number of hydrogen-bond donors (Lipinski definition) is 0. The molecule has 3 aromatic carbocycles. The number of hydrogen-bond acceptors (Lipinski definition) is 1. The fourth-order valence-corrected chi connectivity index (χ4v) is 3.60. The molecule has 0 radical (unpaired) electrons. The Morgan fingerprint density at radius 1 is 0.852 bits per heavy atom. The van der Waals surface area contributed by atoms with Crippen LogP contribution in [-0.2, 0) is 23.6 Å². The maximum absolute atomic E-state index is 12.8.